The number of carbonyl (C=O) groups excluding carboxylic acids is 1. The lowest BCUT2D eigenvalue weighted by atomic mass is 10.0. The number of hydrogen-bond acceptors (Lipinski definition) is 2. The van der Waals surface area contributed by atoms with Crippen LogP contribution in [-0.4, -0.2) is 27.6 Å². The van der Waals surface area contributed by atoms with Crippen molar-refractivity contribution in [2.75, 3.05) is 0 Å². The van der Waals surface area contributed by atoms with E-state index in [9.17, 15) is 14.7 Å². The number of nitrogens with zero attached hydrogens (tertiary/aromatic N) is 1. The molecule has 0 bridgehead atoms. The van der Waals surface area contributed by atoms with E-state index in [4.69, 9.17) is 0 Å². The SMILES string of the molecule is CCCCCCCCCC(=O)NC(Cc1cn(C)c2ccccc12)C(=O)O. The Morgan fingerprint density at radius 2 is 1.74 bits per heavy atom. The van der Waals surface area contributed by atoms with Gasteiger partial charge in [0.2, 0.25) is 5.91 Å². The van der Waals surface area contributed by atoms with Gasteiger partial charge in [0.05, 0.1) is 0 Å². The van der Waals surface area contributed by atoms with Crippen molar-refractivity contribution in [2.24, 2.45) is 7.05 Å². The van der Waals surface area contributed by atoms with Gasteiger partial charge < -0.3 is 15.0 Å². The Kier molecular flexibility index (Phi) is 8.37. The van der Waals surface area contributed by atoms with Crippen LogP contribution in [0.25, 0.3) is 10.9 Å². The van der Waals surface area contributed by atoms with E-state index in [0.29, 0.717) is 12.8 Å². The monoisotopic (exact) mass is 372 g/mol. The van der Waals surface area contributed by atoms with E-state index in [0.717, 1.165) is 35.7 Å². The molecule has 0 spiro atoms. The number of para-hydroxylation sites is 1. The fourth-order valence-electron chi connectivity index (χ4n) is 3.52. The molecule has 0 fully saturated rings. The molecule has 1 unspecified atom stereocenters. The highest BCUT2D eigenvalue weighted by atomic mass is 16.4. The highest BCUT2D eigenvalue weighted by Crippen LogP contribution is 2.21. The van der Waals surface area contributed by atoms with Gasteiger partial charge in [0.15, 0.2) is 0 Å². The predicted octanol–water partition coefficient (Wildman–Crippen LogP) is 4.43. The van der Waals surface area contributed by atoms with Crippen LogP contribution in [0.5, 0.6) is 0 Å². The number of amides is 1. The Balaban J connectivity index is 1.84. The second-order valence-corrected chi connectivity index (χ2v) is 7.32. The molecule has 0 aliphatic carbocycles. The zero-order chi connectivity index (χ0) is 19.6. The fraction of sp³-hybridized carbons (Fsp3) is 0.545. The largest absolute Gasteiger partial charge is 0.480 e. The van der Waals surface area contributed by atoms with Crippen molar-refractivity contribution in [1.29, 1.82) is 0 Å². The average Bonchev–Trinajstić information content (AvgIpc) is 2.96. The van der Waals surface area contributed by atoms with Crippen LogP contribution in [0.3, 0.4) is 0 Å². The molecule has 2 N–H and O–H groups in total. The molecule has 1 atom stereocenters. The molecule has 5 heteroatoms. The lowest BCUT2D eigenvalue weighted by Crippen LogP contribution is -2.42. The van der Waals surface area contributed by atoms with E-state index in [2.05, 4.69) is 12.2 Å². The summed E-state index contributed by atoms with van der Waals surface area (Å²) in [7, 11) is 1.95. The van der Waals surface area contributed by atoms with Gasteiger partial charge in [0.25, 0.3) is 0 Å². The molecule has 1 aromatic carbocycles. The Hall–Kier alpha value is -2.30. The molecule has 0 saturated carbocycles. The highest BCUT2D eigenvalue weighted by Gasteiger charge is 2.22. The standard InChI is InChI=1S/C22H32N2O3/c1-3-4-5-6-7-8-9-14-21(25)23-19(22(26)27)15-17-16-24(2)20-13-11-10-12-18(17)20/h10-13,16,19H,3-9,14-15H2,1-2H3,(H,23,25)(H,26,27). The lowest BCUT2D eigenvalue weighted by molar-refractivity contribution is -0.141. The van der Waals surface area contributed by atoms with Gasteiger partial charge in [0.1, 0.15) is 6.04 Å². The van der Waals surface area contributed by atoms with Crippen molar-refractivity contribution in [2.45, 2.75) is 70.8 Å². The Bertz CT molecular complexity index is 751. The fourth-order valence-corrected chi connectivity index (χ4v) is 3.52. The van der Waals surface area contributed by atoms with Gasteiger partial charge in [-0.3, -0.25) is 4.79 Å². The van der Waals surface area contributed by atoms with Crippen LogP contribution in [0, 0.1) is 0 Å². The maximum atomic E-state index is 12.2. The number of fused-ring (bicyclic) bond motifs is 1. The molecule has 0 aliphatic heterocycles. The summed E-state index contributed by atoms with van der Waals surface area (Å²) in [5.74, 6) is -1.16. The number of aliphatic carboxylic acids is 1. The van der Waals surface area contributed by atoms with Crippen molar-refractivity contribution in [3.63, 3.8) is 0 Å². The smallest absolute Gasteiger partial charge is 0.326 e. The van der Waals surface area contributed by atoms with Crippen LogP contribution >= 0.6 is 0 Å². The molecule has 0 radical (unpaired) electrons. The van der Waals surface area contributed by atoms with Gasteiger partial charge in [-0.05, 0) is 18.1 Å². The van der Waals surface area contributed by atoms with E-state index in [1.165, 1.54) is 25.7 Å². The number of unbranched alkanes of at least 4 members (excludes halogenated alkanes) is 6. The summed E-state index contributed by atoms with van der Waals surface area (Å²) in [6.45, 7) is 2.20. The van der Waals surface area contributed by atoms with Crippen LogP contribution in [0.2, 0.25) is 0 Å². The molecule has 1 heterocycles. The summed E-state index contributed by atoms with van der Waals surface area (Å²) in [5, 5.41) is 13.3. The van der Waals surface area contributed by atoms with Crippen LogP contribution in [0.4, 0.5) is 0 Å². The highest BCUT2D eigenvalue weighted by molar-refractivity contribution is 5.87. The van der Waals surface area contributed by atoms with E-state index in [1.54, 1.807) is 0 Å². The van der Waals surface area contributed by atoms with Gasteiger partial charge in [-0.15, -0.1) is 0 Å². The number of aromatic nitrogens is 1. The van der Waals surface area contributed by atoms with Crippen LogP contribution in [-0.2, 0) is 23.1 Å². The van der Waals surface area contributed by atoms with Crippen molar-refractivity contribution in [1.82, 2.24) is 9.88 Å². The minimum atomic E-state index is -0.990. The number of carboxylic acid groups (broad SMARTS) is 1. The van der Waals surface area contributed by atoms with E-state index in [1.807, 2.05) is 42.1 Å². The number of hydrogen-bond donors (Lipinski definition) is 2. The number of benzene rings is 1. The first kappa shape index (κ1) is 21.0. The van der Waals surface area contributed by atoms with Gasteiger partial charge in [-0.1, -0.05) is 63.6 Å². The number of carboxylic acids is 1. The minimum absolute atomic E-state index is 0.170. The summed E-state index contributed by atoms with van der Waals surface area (Å²) in [6, 6.07) is 7.01. The maximum absolute atomic E-state index is 12.2. The molecule has 0 saturated heterocycles. The second-order valence-electron chi connectivity index (χ2n) is 7.32. The van der Waals surface area contributed by atoms with Gasteiger partial charge in [-0.2, -0.15) is 0 Å². The van der Waals surface area contributed by atoms with Crippen LogP contribution in [0.1, 0.15) is 63.9 Å². The van der Waals surface area contributed by atoms with E-state index < -0.39 is 12.0 Å². The Morgan fingerprint density at radius 3 is 2.44 bits per heavy atom. The van der Waals surface area contributed by atoms with Crippen molar-refractivity contribution >= 4 is 22.8 Å². The van der Waals surface area contributed by atoms with Gasteiger partial charge in [-0.25, -0.2) is 4.79 Å². The third-order valence-corrected chi connectivity index (χ3v) is 5.04. The molecule has 27 heavy (non-hydrogen) atoms. The first-order valence-corrected chi connectivity index (χ1v) is 10.1. The molecule has 2 rings (SSSR count). The van der Waals surface area contributed by atoms with E-state index in [-0.39, 0.29) is 5.91 Å². The number of rotatable bonds is 12. The quantitative estimate of drug-likeness (QED) is 0.541. The first-order valence-electron chi connectivity index (χ1n) is 10.1. The third kappa shape index (κ3) is 6.42. The normalized spacial score (nSPS) is 12.2. The molecular formula is C22H32N2O3. The number of aryl methyl sites for hydroxylation is 1. The van der Waals surface area contributed by atoms with E-state index >= 15 is 0 Å². The van der Waals surface area contributed by atoms with Crippen molar-refractivity contribution in [3.8, 4) is 0 Å². The van der Waals surface area contributed by atoms with Crippen molar-refractivity contribution in [3.05, 3.63) is 36.0 Å². The summed E-state index contributed by atoms with van der Waals surface area (Å²) in [4.78, 5) is 23.8. The topological polar surface area (TPSA) is 71.3 Å². The van der Waals surface area contributed by atoms with Crippen molar-refractivity contribution < 1.29 is 14.7 Å². The molecular weight excluding hydrogens is 340 g/mol. The lowest BCUT2D eigenvalue weighted by Gasteiger charge is -2.14. The van der Waals surface area contributed by atoms with Gasteiger partial charge in [0, 0.05) is 37.0 Å². The third-order valence-electron chi connectivity index (χ3n) is 5.04. The molecule has 148 valence electrons. The summed E-state index contributed by atoms with van der Waals surface area (Å²) < 4.78 is 1.99. The Labute approximate surface area is 161 Å². The first-order chi connectivity index (χ1) is 13.0. The second kappa shape index (κ2) is 10.8. The molecule has 5 nitrogen and oxygen atoms in total. The zero-order valence-corrected chi connectivity index (χ0v) is 16.5. The molecule has 2 aromatic rings. The summed E-state index contributed by atoms with van der Waals surface area (Å²) in [6.07, 6.45) is 10.6. The predicted molar refractivity (Wildman–Crippen MR) is 109 cm³/mol. The zero-order valence-electron chi connectivity index (χ0n) is 16.5. The number of nitrogens with one attached hydrogen (secondary N) is 1. The molecule has 1 amide bonds. The van der Waals surface area contributed by atoms with Crippen LogP contribution in [0.15, 0.2) is 30.5 Å². The minimum Gasteiger partial charge on any atom is -0.480 e. The summed E-state index contributed by atoms with van der Waals surface area (Å²) >= 11 is 0. The summed E-state index contributed by atoms with van der Waals surface area (Å²) in [5.41, 5.74) is 2.00. The molecule has 1 aromatic heterocycles. The average molecular weight is 373 g/mol. The maximum Gasteiger partial charge on any atom is 0.326 e. The van der Waals surface area contributed by atoms with Crippen LogP contribution < -0.4 is 5.32 Å². The van der Waals surface area contributed by atoms with Gasteiger partial charge >= 0.3 is 5.97 Å². The Morgan fingerprint density at radius 1 is 1.07 bits per heavy atom. The molecule has 0 aliphatic rings. The number of carbonyl (C=O) groups is 2.